The highest BCUT2D eigenvalue weighted by molar-refractivity contribution is 5.36. The van der Waals surface area contributed by atoms with Crippen molar-refractivity contribution in [3.05, 3.63) is 39.7 Å². The molecule has 0 spiro atoms. The van der Waals surface area contributed by atoms with E-state index in [1.807, 2.05) is 0 Å². The molecule has 82 valence electrons. The minimum absolute atomic E-state index is 0.550. The molecule has 0 heterocycles. The van der Waals surface area contributed by atoms with E-state index in [2.05, 4.69) is 0 Å². The van der Waals surface area contributed by atoms with Gasteiger partial charge in [-0.15, -0.1) is 0 Å². The molecule has 0 radical (unpaired) electrons. The SMILES string of the molecule is O=[N+]([O-])c1ccc(F)c(C(O)C(F)F)c1. The molecular weight excluding hydrogens is 215 g/mol. The minimum atomic E-state index is -3.19. The number of halogens is 3. The zero-order valence-electron chi connectivity index (χ0n) is 7.23. The predicted molar refractivity (Wildman–Crippen MR) is 44.0 cm³/mol. The van der Waals surface area contributed by atoms with Gasteiger partial charge in [0.2, 0.25) is 0 Å². The fraction of sp³-hybridized carbons (Fsp3) is 0.250. The molecule has 0 bridgehead atoms. The average molecular weight is 221 g/mol. The Morgan fingerprint density at radius 2 is 2.00 bits per heavy atom. The van der Waals surface area contributed by atoms with Crippen molar-refractivity contribution in [2.75, 3.05) is 0 Å². The molecule has 1 rings (SSSR count). The number of benzene rings is 1. The van der Waals surface area contributed by atoms with Gasteiger partial charge in [-0.05, 0) is 6.07 Å². The fourth-order valence-corrected chi connectivity index (χ4v) is 1.01. The maximum absolute atomic E-state index is 12.9. The van der Waals surface area contributed by atoms with Crippen molar-refractivity contribution in [1.29, 1.82) is 0 Å². The first-order chi connectivity index (χ1) is 6.93. The Morgan fingerprint density at radius 1 is 1.40 bits per heavy atom. The van der Waals surface area contributed by atoms with Crippen LogP contribution in [0.25, 0.3) is 0 Å². The Labute approximate surface area is 82.1 Å². The average Bonchev–Trinajstić information content (AvgIpc) is 2.16. The van der Waals surface area contributed by atoms with Crippen LogP contribution in [0.5, 0.6) is 0 Å². The molecule has 0 fully saturated rings. The molecule has 7 heteroatoms. The first-order valence-electron chi connectivity index (χ1n) is 3.83. The van der Waals surface area contributed by atoms with E-state index in [1.54, 1.807) is 0 Å². The molecule has 0 amide bonds. The van der Waals surface area contributed by atoms with Gasteiger partial charge in [0.15, 0.2) is 0 Å². The van der Waals surface area contributed by atoms with Crippen molar-refractivity contribution in [2.45, 2.75) is 12.5 Å². The summed E-state index contributed by atoms with van der Waals surface area (Å²) in [4.78, 5) is 9.41. The van der Waals surface area contributed by atoms with Gasteiger partial charge in [0.05, 0.1) is 4.92 Å². The Kier molecular flexibility index (Phi) is 3.25. The van der Waals surface area contributed by atoms with Crippen LogP contribution >= 0.6 is 0 Å². The number of aliphatic hydroxyl groups excluding tert-OH is 1. The summed E-state index contributed by atoms with van der Waals surface area (Å²) in [5, 5.41) is 19.1. The molecule has 0 aromatic heterocycles. The lowest BCUT2D eigenvalue weighted by Crippen LogP contribution is -2.10. The van der Waals surface area contributed by atoms with Gasteiger partial charge < -0.3 is 5.11 Å². The Balaban J connectivity index is 3.16. The summed E-state index contributed by atoms with van der Waals surface area (Å²) in [6.45, 7) is 0. The van der Waals surface area contributed by atoms with Crippen LogP contribution in [-0.2, 0) is 0 Å². The number of hydrogen-bond donors (Lipinski definition) is 1. The van der Waals surface area contributed by atoms with Crippen molar-refractivity contribution < 1.29 is 23.2 Å². The maximum Gasteiger partial charge on any atom is 0.270 e. The lowest BCUT2D eigenvalue weighted by Gasteiger charge is -2.09. The highest BCUT2D eigenvalue weighted by atomic mass is 19.3. The van der Waals surface area contributed by atoms with Crippen molar-refractivity contribution in [1.82, 2.24) is 0 Å². The molecule has 0 saturated carbocycles. The molecule has 0 aliphatic carbocycles. The van der Waals surface area contributed by atoms with Crippen LogP contribution in [0.1, 0.15) is 11.7 Å². The Morgan fingerprint density at radius 3 is 2.47 bits per heavy atom. The third-order valence-electron chi connectivity index (χ3n) is 1.75. The van der Waals surface area contributed by atoms with Gasteiger partial charge in [-0.25, -0.2) is 13.2 Å². The van der Waals surface area contributed by atoms with Gasteiger partial charge >= 0.3 is 0 Å². The number of nitro groups is 1. The van der Waals surface area contributed by atoms with E-state index in [0.29, 0.717) is 12.1 Å². The monoisotopic (exact) mass is 221 g/mol. The summed E-state index contributed by atoms with van der Waals surface area (Å²) in [6.07, 6.45) is -5.55. The van der Waals surface area contributed by atoms with E-state index >= 15 is 0 Å². The highest BCUT2D eigenvalue weighted by Crippen LogP contribution is 2.26. The maximum atomic E-state index is 12.9. The van der Waals surface area contributed by atoms with E-state index < -0.39 is 34.5 Å². The minimum Gasteiger partial charge on any atom is -0.382 e. The summed E-state index contributed by atoms with van der Waals surface area (Å²) in [5.41, 5.74) is -1.33. The van der Waals surface area contributed by atoms with E-state index in [0.717, 1.165) is 6.07 Å². The van der Waals surface area contributed by atoms with Crippen LogP contribution in [0, 0.1) is 15.9 Å². The largest absolute Gasteiger partial charge is 0.382 e. The van der Waals surface area contributed by atoms with Gasteiger partial charge in [0.1, 0.15) is 11.9 Å². The second-order valence-electron chi connectivity index (χ2n) is 2.74. The quantitative estimate of drug-likeness (QED) is 0.627. The zero-order valence-corrected chi connectivity index (χ0v) is 7.23. The second kappa shape index (κ2) is 4.26. The van der Waals surface area contributed by atoms with E-state index in [-0.39, 0.29) is 0 Å². The molecule has 1 N–H and O–H groups in total. The smallest absolute Gasteiger partial charge is 0.270 e. The second-order valence-corrected chi connectivity index (χ2v) is 2.74. The third kappa shape index (κ3) is 2.44. The summed E-state index contributed by atoms with van der Waals surface area (Å²) in [5.74, 6) is -1.10. The topological polar surface area (TPSA) is 63.4 Å². The summed E-state index contributed by atoms with van der Waals surface area (Å²) >= 11 is 0. The van der Waals surface area contributed by atoms with Crippen molar-refractivity contribution >= 4 is 5.69 Å². The summed E-state index contributed by atoms with van der Waals surface area (Å²) in [6, 6.07) is 2.09. The molecule has 0 aliphatic heterocycles. The van der Waals surface area contributed by atoms with Crippen molar-refractivity contribution in [3.8, 4) is 0 Å². The lowest BCUT2D eigenvalue weighted by atomic mass is 10.1. The van der Waals surface area contributed by atoms with Gasteiger partial charge in [-0.3, -0.25) is 10.1 Å². The number of alkyl halides is 2. The molecule has 1 unspecified atom stereocenters. The number of aliphatic hydroxyl groups is 1. The normalized spacial score (nSPS) is 12.9. The van der Waals surface area contributed by atoms with Crippen molar-refractivity contribution in [2.24, 2.45) is 0 Å². The molecule has 1 aromatic rings. The van der Waals surface area contributed by atoms with Crippen molar-refractivity contribution in [3.63, 3.8) is 0 Å². The van der Waals surface area contributed by atoms with E-state index in [4.69, 9.17) is 5.11 Å². The van der Waals surface area contributed by atoms with Crippen LogP contribution in [0.15, 0.2) is 18.2 Å². The first-order valence-corrected chi connectivity index (χ1v) is 3.83. The molecule has 0 saturated heterocycles. The van der Waals surface area contributed by atoms with Gasteiger partial charge in [0, 0.05) is 17.7 Å². The van der Waals surface area contributed by atoms with Crippen LogP contribution < -0.4 is 0 Å². The first kappa shape index (κ1) is 11.4. The van der Waals surface area contributed by atoms with E-state index in [1.165, 1.54) is 0 Å². The zero-order chi connectivity index (χ0) is 11.6. The number of nitrogens with zero attached hydrogens (tertiary/aromatic N) is 1. The van der Waals surface area contributed by atoms with Gasteiger partial charge in [-0.2, -0.15) is 0 Å². The number of nitro benzene ring substituents is 1. The van der Waals surface area contributed by atoms with Gasteiger partial charge in [0.25, 0.3) is 12.1 Å². The molecule has 1 atom stereocenters. The molecule has 0 aliphatic rings. The Hall–Kier alpha value is -1.63. The summed E-state index contributed by atoms with van der Waals surface area (Å²) < 4.78 is 37.0. The fourth-order valence-electron chi connectivity index (χ4n) is 1.01. The van der Waals surface area contributed by atoms with Crippen LogP contribution in [0.4, 0.5) is 18.9 Å². The Bertz CT molecular complexity index is 383. The van der Waals surface area contributed by atoms with Crippen LogP contribution in [0.2, 0.25) is 0 Å². The molecule has 4 nitrogen and oxygen atoms in total. The summed E-state index contributed by atoms with van der Waals surface area (Å²) in [7, 11) is 0. The molecular formula is C8H6F3NO3. The number of non-ortho nitro benzene ring substituents is 1. The molecule has 15 heavy (non-hydrogen) atoms. The predicted octanol–water partition coefficient (Wildman–Crippen LogP) is 2.03. The van der Waals surface area contributed by atoms with Crippen LogP contribution in [0.3, 0.4) is 0 Å². The lowest BCUT2D eigenvalue weighted by molar-refractivity contribution is -0.385. The number of hydrogen-bond acceptors (Lipinski definition) is 3. The van der Waals surface area contributed by atoms with Crippen LogP contribution in [-0.4, -0.2) is 16.5 Å². The third-order valence-corrected chi connectivity index (χ3v) is 1.75. The van der Waals surface area contributed by atoms with E-state index in [9.17, 15) is 23.3 Å². The van der Waals surface area contributed by atoms with Gasteiger partial charge in [-0.1, -0.05) is 0 Å². The number of rotatable bonds is 3. The standard InChI is InChI=1S/C8H6F3NO3/c9-6-2-1-4(12(14)15)3-5(6)7(13)8(10)11/h1-3,7-8,13H. The highest BCUT2D eigenvalue weighted by Gasteiger charge is 2.24. The molecule has 1 aromatic carbocycles.